The first kappa shape index (κ1) is 17.3. The maximum absolute atomic E-state index is 13.1. The molecule has 0 saturated heterocycles. The van der Waals surface area contributed by atoms with Gasteiger partial charge in [0.2, 0.25) is 6.79 Å². The Morgan fingerprint density at radius 1 is 1.07 bits per heavy atom. The quantitative estimate of drug-likeness (QED) is 0.684. The van der Waals surface area contributed by atoms with Crippen molar-refractivity contribution in [3.05, 3.63) is 48.0 Å². The van der Waals surface area contributed by atoms with E-state index in [0.29, 0.717) is 22.8 Å². The summed E-state index contributed by atoms with van der Waals surface area (Å²) < 4.78 is 38.2. The predicted molar refractivity (Wildman–Crippen MR) is 99.3 cm³/mol. The van der Waals surface area contributed by atoms with E-state index in [2.05, 4.69) is 10.2 Å². The lowest BCUT2D eigenvalue weighted by Gasteiger charge is -2.18. The lowest BCUT2D eigenvalue weighted by Crippen LogP contribution is -2.27. The molecule has 0 atom stereocenters. The molecule has 0 bridgehead atoms. The van der Waals surface area contributed by atoms with Gasteiger partial charge >= 0.3 is 0 Å². The minimum atomic E-state index is -3.79. The highest BCUT2D eigenvalue weighted by atomic mass is 32.2. The van der Waals surface area contributed by atoms with Crippen LogP contribution in [0.5, 0.6) is 11.5 Å². The summed E-state index contributed by atoms with van der Waals surface area (Å²) in [5.41, 5.74) is 2.01. The molecule has 1 aliphatic heterocycles. The third kappa shape index (κ3) is 2.89. The molecule has 0 aliphatic carbocycles. The van der Waals surface area contributed by atoms with Gasteiger partial charge in [0.05, 0.1) is 10.5 Å². The van der Waals surface area contributed by atoms with E-state index >= 15 is 0 Å². The van der Waals surface area contributed by atoms with Crippen LogP contribution in [-0.4, -0.2) is 37.3 Å². The molecular weight excluding hydrogens is 368 g/mol. The van der Waals surface area contributed by atoms with E-state index in [-0.39, 0.29) is 17.5 Å². The minimum absolute atomic E-state index is 0.111. The number of hydrogen-bond acceptors (Lipinski definition) is 6. The standard InChI is InChI=1S/C18H18N4O4S/c1-12-7-9-13(10-8-12)27(23,24)21(2)18-16(19-22(3)20-18)14-5-4-6-15-17(14)26-11-25-15/h4-10H,11H2,1-3H3. The van der Waals surface area contributed by atoms with Crippen LogP contribution in [0.25, 0.3) is 11.3 Å². The number of rotatable bonds is 4. The fourth-order valence-corrected chi connectivity index (χ4v) is 4.03. The topological polar surface area (TPSA) is 86.6 Å². The molecular formula is C18H18N4O4S. The summed E-state index contributed by atoms with van der Waals surface area (Å²) in [6.07, 6.45) is 0. The zero-order chi connectivity index (χ0) is 19.2. The Balaban J connectivity index is 1.82. The highest BCUT2D eigenvalue weighted by Gasteiger charge is 2.30. The second-order valence-corrected chi connectivity index (χ2v) is 8.16. The number of ether oxygens (including phenoxy) is 2. The maximum atomic E-state index is 13.1. The highest BCUT2D eigenvalue weighted by Crippen LogP contribution is 2.43. The van der Waals surface area contributed by atoms with Crippen molar-refractivity contribution in [1.29, 1.82) is 0 Å². The van der Waals surface area contributed by atoms with Gasteiger partial charge in [-0.05, 0) is 31.2 Å². The molecule has 0 radical (unpaired) electrons. The second-order valence-electron chi connectivity index (χ2n) is 6.19. The number of aromatic nitrogens is 3. The number of fused-ring (bicyclic) bond motifs is 1. The summed E-state index contributed by atoms with van der Waals surface area (Å²) in [6.45, 7) is 2.01. The number of sulfonamides is 1. The summed E-state index contributed by atoms with van der Waals surface area (Å²) in [4.78, 5) is 1.52. The van der Waals surface area contributed by atoms with Gasteiger partial charge in [0.25, 0.3) is 10.0 Å². The molecule has 0 spiro atoms. The van der Waals surface area contributed by atoms with Crippen molar-refractivity contribution in [2.24, 2.45) is 7.05 Å². The lowest BCUT2D eigenvalue weighted by molar-refractivity contribution is 0.174. The van der Waals surface area contributed by atoms with E-state index in [4.69, 9.17) is 9.47 Å². The lowest BCUT2D eigenvalue weighted by atomic mass is 10.1. The van der Waals surface area contributed by atoms with Crippen LogP contribution in [0.4, 0.5) is 5.82 Å². The monoisotopic (exact) mass is 386 g/mol. The molecule has 4 rings (SSSR count). The molecule has 1 aromatic heterocycles. The predicted octanol–water partition coefficient (Wildman–Crippen LogP) is 2.34. The Bertz CT molecular complexity index is 1110. The minimum Gasteiger partial charge on any atom is -0.454 e. The van der Waals surface area contributed by atoms with E-state index in [1.165, 1.54) is 11.8 Å². The number of para-hydroxylation sites is 1. The Kier molecular flexibility index (Phi) is 4.03. The Morgan fingerprint density at radius 3 is 2.56 bits per heavy atom. The number of aryl methyl sites for hydroxylation is 2. The first-order valence-corrected chi connectivity index (χ1v) is 9.68. The second kappa shape index (κ2) is 6.27. The average Bonchev–Trinajstić information content (AvgIpc) is 3.27. The van der Waals surface area contributed by atoms with Gasteiger partial charge in [-0.2, -0.15) is 9.90 Å². The molecule has 0 unspecified atom stereocenters. The third-order valence-electron chi connectivity index (χ3n) is 4.33. The molecule has 2 aromatic carbocycles. The zero-order valence-corrected chi connectivity index (χ0v) is 15.9. The van der Waals surface area contributed by atoms with Crippen molar-refractivity contribution in [3.63, 3.8) is 0 Å². The van der Waals surface area contributed by atoms with E-state index in [1.54, 1.807) is 49.5 Å². The fraction of sp³-hybridized carbons (Fsp3) is 0.222. The Morgan fingerprint density at radius 2 is 1.81 bits per heavy atom. The van der Waals surface area contributed by atoms with E-state index in [0.717, 1.165) is 9.87 Å². The number of hydrogen-bond donors (Lipinski definition) is 0. The van der Waals surface area contributed by atoms with Crippen LogP contribution in [0, 0.1) is 6.92 Å². The van der Waals surface area contributed by atoms with E-state index in [9.17, 15) is 8.42 Å². The zero-order valence-electron chi connectivity index (χ0n) is 15.1. The summed E-state index contributed by atoms with van der Waals surface area (Å²) in [5.74, 6) is 1.33. The van der Waals surface area contributed by atoms with Crippen molar-refractivity contribution < 1.29 is 17.9 Å². The molecule has 0 fully saturated rings. The van der Waals surface area contributed by atoms with Crippen molar-refractivity contribution in [2.45, 2.75) is 11.8 Å². The SMILES string of the molecule is Cc1ccc(S(=O)(=O)N(C)c2nn(C)nc2-c2cccc3c2OCO3)cc1. The van der Waals surface area contributed by atoms with Crippen LogP contribution in [0.1, 0.15) is 5.56 Å². The first-order valence-electron chi connectivity index (χ1n) is 8.24. The molecule has 9 heteroatoms. The van der Waals surface area contributed by atoms with Crippen LogP contribution in [0.3, 0.4) is 0 Å². The molecule has 1 aliphatic rings. The third-order valence-corrected chi connectivity index (χ3v) is 6.09. The number of anilines is 1. The number of nitrogens with zero attached hydrogens (tertiary/aromatic N) is 4. The van der Waals surface area contributed by atoms with Crippen molar-refractivity contribution in [3.8, 4) is 22.8 Å². The van der Waals surface area contributed by atoms with Gasteiger partial charge in [-0.15, -0.1) is 5.10 Å². The average molecular weight is 386 g/mol. The van der Waals surface area contributed by atoms with Gasteiger partial charge in [0.1, 0.15) is 5.69 Å². The molecule has 0 N–H and O–H groups in total. The Hall–Kier alpha value is -3.07. The molecule has 0 saturated carbocycles. The summed E-state index contributed by atoms with van der Waals surface area (Å²) in [7, 11) is -0.694. The van der Waals surface area contributed by atoms with Gasteiger partial charge in [-0.3, -0.25) is 0 Å². The van der Waals surface area contributed by atoms with Crippen molar-refractivity contribution in [1.82, 2.24) is 15.0 Å². The Labute approximate surface area is 157 Å². The van der Waals surface area contributed by atoms with Gasteiger partial charge in [0.15, 0.2) is 17.3 Å². The molecule has 27 heavy (non-hydrogen) atoms. The van der Waals surface area contributed by atoms with Crippen molar-refractivity contribution in [2.75, 3.05) is 18.1 Å². The van der Waals surface area contributed by atoms with Gasteiger partial charge in [-0.25, -0.2) is 12.7 Å². The number of benzene rings is 2. The molecule has 3 aromatic rings. The van der Waals surface area contributed by atoms with Crippen LogP contribution >= 0.6 is 0 Å². The largest absolute Gasteiger partial charge is 0.454 e. The smallest absolute Gasteiger partial charge is 0.265 e. The van der Waals surface area contributed by atoms with Crippen LogP contribution in [0.2, 0.25) is 0 Å². The first-order chi connectivity index (χ1) is 12.9. The molecule has 140 valence electrons. The summed E-state index contributed by atoms with van der Waals surface area (Å²) in [6, 6.07) is 12.1. The van der Waals surface area contributed by atoms with Gasteiger partial charge in [-0.1, -0.05) is 23.8 Å². The van der Waals surface area contributed by atoms with Crippen LogP contribution in [-0.2, 0) is 17.1 Å². The summed E-state index contributed by atoms with van der Waals surface area (Å²) in [5, 5.41) is 8.64. The normalized spacial score (nSPS) is 13.0. The van der Waals surface area contributed by atoms with E-state index < -0.39 is 10.0 Å². The van der Waals surface area contributed by atoms with Crippen LogP contribution in [0.15, 0.2) is 47.4 Å². The maximum Gasteiger partial charge on any atom is 0.265 e. The molecule has 0 amide bonds. The molecule has 8 nitrogen and oxygen atoms in total. The summed E-state index contributed by atoms with van der Waals surface area (Å²) >= 11 is 0. The van der Waals surface area contributed by atoms with Gasteiger partial charge in [0, 0.05) is 14.1 Å². The van der Waals surface area contributed by atoms with Crippen molar-refractivity contribution >= 4 is 15.8 Å². The molecule has 2 heterocycles. The fourth-order valence-electron chi connectivity index (χ4n) is 2.88. The van der Waals surface area contributed by atoms with Gasteiger partial charge < -0.3 is 9.47 Å². The van der Waals surface area contributed by atoms with E-state index in [1.807, 2.05) is 6.92 Å². The van der Waals surface area contributed by atoms with Crippen LogP contribution < -0.4 is 13.8 Å². The highest BCUT2D eigenvalue weighted by molar-refractivity contribution is 7.92.